The first-order chi connectivity index (χ1) is 15.4. The molecule has 2 aromatic carbocycles. The van der Waals surface area contributed by atoms with Gasteiger partial charge in [-0.25, -0.2) is 0 Å². The van der Waals surface area contributed by atoms with E-state index in [1.54, 1.807) is 31.2 Å². The number of nitrogens with one attached hydrogen (secondary N) is 1. The summed E-state index contributed by atoms with van der Waals surface area (Å²) in [6, 6.07) is 11.9. The topological polar surface area (TPSA) is 114 Å². The molecule has 0 saturated carbocycles. The summed E-state index contributed by atoms with van der Waals surface area (Å²) in [5, 5.41) is 18.6. The molecule has 1 saturated heterocycles. The van der Waals surface area contributed by atoms with Crippen LogP contribution in [0.15, 0.2) is 47.0 Å². The third-order valence-electron chi connectivity index (χ3n) is 5.55. The number of rotatable bonds is 6. The minimum atomic E-state index is -0.449. The molecule has 166 valence electrons. The Bertz CT molecular complexity index is 1150. The number of carbonyl (C=O) groups is 1. The number of piperidine rings is 1. The molecule has 10 heteroatoms. The van der Waals surface area contributed by atoms with E-state index in [9.17, 15) is 14.9 Å². The van der Waals surface area contributed by atoms with E-state index in [0.717, 1.165) is 24.9 Å². The van der Waals surface area contributed by atoms with Gasteiger partial charge in [0.05, 0.1) is 28.6 Å². The average Bonchev–Trinajstić information content (AvgIpc) is 3.23. The van der Waals surface area contributed by atoms with Crippen LogP contribution in [0.4, 0.5) is 11.4 Å². The van der Waals surface area contributed by atoms with Gasteiger partial charge in [0.2, 0.25) is 17.6 Å². The largest absolute Gasteiger partial charge is 0.338 e. The molecule has 32 heavy (non-hydrogen) atoms. The highest BCUT2D eigenvalue weighted by Gasteiger charge is 2.28. The summed E-state index contributed by atoms with van der Waals surface area (Å²) in [5.41, 5.74) is 1.66. The number of aromatic nitrogens is 2. The smallest absolute Gasteiger partial charge is 0.274 e. The lowest BCUT2D eigenvalue weighted by Crippen LogP contribution is -2.40. The molecule has 1 fully saturated rings. The van der Waals surface area contributed by atoms with Gasteiger partial charge in [-0.3, -0.25) is 19.8 Å². The summed E-state index contributed by atoms with van der Waals surface area (Å²) < 4.78 is 5.39. The molecular weight excluding hydrogens is 434 g/mol. The molecule has 0 bridgehead atoms. The van der Waals surface area contributed by atoms with E-state index in [-0.39, 0.29) is 17.5 Å². The van der Waals surface area contributed by atoms with Crippen LogP contribution >= 0.6 is 11.6 Å². The normalized spacial score (nSPS) is 16.6. The molecule has 1 atom stereocenters. The van der Waals surface area contributed by atoms with Gasteiger partial charge >= 0.3 is 0 Å². The number of halogens is 1. The van der Waals surface area contributed by atoms with Crippen LogP contribution in [0.25, 0.3) is 11.4 Å². The molecule has 9 nitrogen and oxygen atoms in total. The molecule has 4 rings (SSSR count). The quantitative estimate of drug-likeness (QED) is 0.431. The van der Waals surface area contributed by atoms with Crippen molar-refractivity contribution >= 4 is 28.9 Å². The lowest BCUT2D eigenvalue weighted by Gasteiger charge is -2.31. The predicted molar refractivity (Wildman–Crippen MR) is 119 cm³/mol. The number of nitrogens with zero attached hydrogens (tertiary/aromatic N) is 4. The van der Waals surface area contributed by atoms with Gasteiger partial charge < -0.3 is 9.84 Å². The standard InChI is InChI=1S/C22H22ClN5O4/c1-14-18(8-3-9-19(14)28(30)31)24-22(29)16-6-4-10-27(12-16)13-20-25-21(26-32-20)15-5-2-7-17(23)11-15/h2-3,5,7-9,11,16H,4,6,10,12-13H2,1H3,(H,24,29). The van der Waals surface area contributed by atoms with Crippen molar-refractivity contribution in [1.82, 2.24) is 15.0 Å². The van der Waals surface area contributed by atoms with Crippen molar-refractivity contribution in [2.75, 3.05) is 18.4 Å². The maximum atomic E-state index is 12.8. The zero-order valence-electron chi connectivity index (χ0n) is 17.5. The van der Waals surface area contributed by atoms with Crippen molar-refractivity contribution in [2.24, 2.45) is 5.92 Å². The number of benzene rings is 2. The molecule has 0 aliphatic carbocycles. The second-order valence-corrected chi connectivity index (χ2v) is 8.23. The van der Waals surface area contributed by atoms with Crippen molar-refractivity contribution in [1.29, 1.82) is 0 Å². The van der Waals surface area contributed by atoms with Crippen molar-refractivity contribution < 1.29 is 14.2 Å². The van der Waals surface area contributed by atoms with E-state index in [4.69, 9.17) is 16.1 Å². The molecule has 1 aliphatic rings. The number of amides is 1. The van der Waals surface area contributed by atoms with Crippen LogP contribution in [0.3, 0.4) is 0 Å². The minimum Gasteiger partial charge on any atom is -0.338 e. The summed E-state index contributed by atoms with van der Waals surface area (Å²) in [6.45, 7) is 3.42. The number of likely N-dealkylation sites (tertiary alicyclic amines) is 1. The SMILES string of the molecule is Cc1c(NC(=O)C2CCCN(Cc3nc(-c4cccc(Cl)c4)no3)C2)cccc1[N+](=O)[O-]. The first-order valence-corrected chi connectivity index (χ1v) is 10.6. The second kappa shape index (κ2) is 9.46. The van der Waals surface area contributed by atoms with Crippen molar-refractivity contribution in [3.63, 3.8) is 0 Å². The Labute approximate surface area is 189 Å². The van der Waals surface area contributed by atoms with Gasteiger partial charge in [-0.15, -0.1) is 0 Å². The zero-order chi connectivity index (χ0) is 22.7. The summed E-state index contributed by atoms with van der Waals surface area (Å²) in [6.07, 6.45) is 1.59. The molecule has 1 aromatic heterocycles. The fourth-order valence-electron chi connectivity index (χ4n) is 3.86. The fourth-order valence-corrected chi connectivity index (χ4v) is 4.05. The lowest BCUT2D eigenvalue weighted by molar-refractivity contribution is -0.385. The number of anilines is 1. The van der Waals surface area contributed by atoms with Crippen LogP contribution in [-0.4, -0.2) is 39.0 Å². The fraction of sp³-hybridized carbons (Fsp3) is 0.318. The first-order valence-electron chi connectivity index (χ1n) is 10.3. The Morgan fingerprint density at radius 3 is 2.94 bits per heavy atom. The second-order valence-electron chi connectivity index (χ2n) is 7.79. The van der Waals surface area contributed by atoms with Crippen LogP contribution in [0.1, 0.15) is 24.3 Å². The third-order valence-corrected chi connectivity index (χ3v) is 5.78. The van der Waals surface area contributed by atoms with Crippen LogP contribution in [0.5, 0.6) is 0 Å². The Kier molecular flexibility index (Phi) is 6.48. The zero-order valence-corrected chi connectivity index (χ0v) is 18.2. The Balaban J connectivity index is 1.39. The maximum absolute atomic E-state index is 12.8. The molecular formula is C22H22ClN5O4. The highest BCUT2D eigenvalue weighted by molar-refractivity contribution is 6.30. The highest BCUT2D eigenvalue weighted by Crippen LogP contribution is 2.27. The van der Waals surface area contributed by atoms with E-state index in [2.05, 4.69) is 20.4 Å². The number of hydrogen-bond acceptors (Lipinski definition) is 7. The Morgan fingerprint density at radius 2 is 2.16 bits per heavy atom. The minimum absolute atomic E-state index is 0.0139. The summed E-state index contributed by atoms with van der Waals surface area (Å²) in [7, 11) is 0. The first kappa shape index (κ1) is 21.9. The van der Waals surface area contributed by atoms with E-state index in [1.807, 2.05) is 12.1 Å². The molecule has 1 N–H and O–H groups in total. The lowest BCUT2D eigenvalue weighted by atomic mass is 9.97. The van der Waals surface area contributed by atoms with Gasteiger partial charge in [0, 0.05) is 23.2 Å². The van der Waals surface area contributed by atoms with Gasteiger partial charge in [0.1, 0.15) is 0 Å². The Morgan fingerprint density at radius 1 is 1.34 bits per heavy atom. The van der Waals surface area contributed by atoms with Gasteiger partial charge in [-0.05, 0) is 44.5 Å². The van der Waals surface area contributed by atoms with Gasteiger partial charge in [-0.2, -0.15) is 4.98 Å². The number of nitro groups is 1. The van der Waals surface area contributed by atoms with E-state index < -0.39 is 4.92 Å². The van der Waals surface area contributed by atoms with Crippen molar-refractivity contribution in [2.45, 2.75) is 26.3 Å². The van der Waals surface area contributed by atoms with Crippen molar-refractivity contribution in [3.8, 4) is 11.4 Å². The van der Waals surface area contributed by atoms with Gasteiger partial charge in [-0.1, -0.05) is 35.0 Å². The average molecular weight is 456 g/mol. The van der Waals surface area contributed by atoms with Crippen LogP contribution in [0, 0.1) is 23.0 Å². The third kappa shape index (κ3) is 4.95. The summed E-state index contributed by atoms with van der Waals surface area (Å²) in [4.78, 5) is 30.1. The van der Waals surface area contributed by atoms with Crippen LogP contribution < -0.4 is 5.32 Å². The van der Waals surface area contributed by atoms with Crippen molar-refractivity contribution in [3.05, 3.63) is 69.1 Å². The van der Waals surface area contributed by atoms with Gasteiger partial charge in [0.15, 0.2) is 0 Å². The van der Waals surface area contributed by atoms with E-state index in [0.29, 0.717) is 41.1 Å². The Hall–Kier alpha value is -3.30. The summed E-state index contributed by atoms with van der Waals surface area (Å²) in [5.74, 6) is 0.548. The van der Waals surface area contributed by atoms with E-state index in [1.165, 1.54) is 6.07 Å². The maximum Gasteiger partial charge on any atom is 0.274 e. The van der Waals surface area contributed by atoms with Crippen LogP contribution in [-0.2, 0) is 11.3 Å². The number of hydrogen-bond donors (Lipinski definition) is 1. The number of nitro benzene ring substituents is 1. The number of carbonyl (C=O) groups excluding carboxylic acids is 1. The molecule has 1 aliphatic heterocycles. The molecule has 2 heterocycles. The highest BCUT2D eigenvalue weighted by atomic mass is 35.5. The van der Waals surface area contributed by atoms with Gasteiger partial charge in [0.25, 0.3) is 5.69 Å². The molecule has 0 radical (unpaired) electrons. The monoisotopic (exact) mass is 455 g/mol. The summed E-state index contributed by atoms with van der Waals surface area (Å²) >= 11 is 6.03. The molecule has 1 unspecified atom stereocenters. The molecule has 3 aromatic rings. The molecule has 1 amide bonds. The molecule has 0 spiro atoms. The van der Waals surface area contributed by atoms with Crippen LogP contribution in [0.2, 0.25) is 5.02 Å². The van der Waals surface area contributed by atoms with E-state index >= 15 is 0 Å². The predicted octanol–water partition coefficient (Wildman–Crippen LogP) is 4.46.